The molecule has 0 aliphatic rings. The lowest BCUT2D eigenvalue weighted by atomic mass is 9.99. The molecule has 1 atom stereocenters. The van der Waals surface area contributed by atoms with E-state index in [4.69, 9.17) is 6.42 Å². The molecule has 0 bridgehead atoms. The molecule has 0 aromatic heterocycles. The summed E-state index contributed by atoms with van der Waals surface area (Å²) in [6.07, 6.45) is 8.30. The van der Waals surface area contributed by atoms with Crippen molar-refractivity contribution in [2.24, 2.45) is 0 Å². The van der Waals surface area contributed by atoms with Crippen molar-refractivity contribution in [3.8, 4) is 12.3 Å². The van der Waals surface area contributed by atoms with Crippen LogP contribution in [0.2, 0.25) is 0 Å². The highest BCUT2D eigenvalue weighted by Crippen LogP contribution is 2.27. The number of unbranched alkanes of at least 4 members (excludes halogenated alkanes) is 1. The summed E-state index contributed by atoms with van der Waals surface area (Å²) >= 11 is 3.63. The Hall–Kier alpha value is -0.780. The van der Waals surface area contributed by atoms with E-state index in [1.807, 2.05) is 0 Å². The zero-order valence-corrected chi connectivity index (χ0v) is 12.2. The largest absolute Gasteiger partial charge is 0.310 e. The number of hydrogen-bond donors (Lipinski definition) is 1. The van der Waals surface area contributed by atoms with Crippen LogP contribution in [0.3, 0.4) is 0 Å². The minimum absolute atomic E-state index is 0.391. The maximum Gasteiger partial charge on any atom is 0.0331 e. The van der Waals surface area contributed by atoms with Gasteiger partial charge in [-0.15, -0.1) is 12.3 Å². The summed E-state index contributed by atoms with van der Waals surface area (Å²) in [6.45, 7) is 5.24. The molecule has 0 fully saturated rings. The molecule has 1 unspecified atom stereocenters. The number of nitrogens with one attached hydrogen (secondary N) is 1. The smallest absolute Gasteiger partial charge is 0.0331 e. The van der Waals surface area contributed by atoms with Crippen molar-refractivity contribution < 1.29 is 0 Å². The minimum Gasteiger partial charge on any atom is -0.310 e. The van der Waals surface area contributed by atoms with E-state index in [1.165, 1.54) is 15.6 Å². The maximum absolute atomic E-state index is 5.30. The van der Waals surface area contributed by atoms with Crippen LogP contribution in [0.5, 0.6) is 0 Å². The van der Waals surface area contributed by atoms with Gasteiger partial charge in [0.05, 0.1) is 0 Å². The van der Waals surface area contributed by atoms with Crippen molar-refractivity contribution in [2.45, 2.75) is 39.2 Å². The lowest BCUT2D eigenvalue weighted by Crippen LogP contribution is -2.21. The van der Waals surface area contributed by atoms with Gasteiger partial charge in [0, 0.05) is 16.9 Å². The molecular weight excluding hydrogens is 274 g/mol. The van der Waals surface area contributed by atoms with Crippen molar-refractivity contribution in [3.63, 3.8) is 0 Å². The molecule has 1 aromatic rings. The summed E-state index contributed by atoms with van der Waals surface area (Å²) in [6, 6.07) is 6.88. The van der Waals surface area contributed by atoms with E-state index in [1.54, 1.807) is 0 Å². The Balaban J connectivity index is 2.81. The summed E-state index contributed by atoms with van der Waals surface area (Å²) in [5.41, 5.74) is 2.63. The normalized spacial score (nSPS) is 12.1. The van der Waals surface area contributed by atoms with E-state index < -0.39 is 0 Å². The molecule has 0 aliphatic heterocycles. The average Bonchev–Trinajstić information content (AvgIpc) is 2.32. The van der Waals surface area contributed by atoms with Gasteiger partial charge in [0.1, 0.15) is 0 Å². The molecule has 0 saturated heterocycles. The molecule has 2 heteroatoms. The van der Waals surface area contributed by atoms with Gasteiger partial charge < -0.3 is 5.32 Å². The van der Waals surface area contributed by atoms with Crippen LogP contribution in [0.15, 0.2) is 22.7 Å². The quantitative estimate of drug-likeness (QED) is 0.612. The fourth-order valence-corrected chi connectivity index (χ4v) is 2.48. The first-order chi connectivity index (χ1) is 8.19. The van der Waals surface area contributed by atoms with Crippen molar-refractivity contribution >= 4 is 15.9 Å². The number of terminal acetylenes is 1. The van der Waals surface area contributed by atoms with Gasteiger partial charge in [-0.1, -0.05) is 40.5 Å². The Bertz CT molecular complexity index is 392. The molecule has 1 rings (SSSR count). The third-order valence-electron chi connectivity index (χ3n) is 2.79. The van der Waals surface area contributed by atoms with Crippen LogP contribution in [0.1, 0.15) is 43.4 Å². The number of halogens is 1. The van der Waals surface area contributed by atoms with Gasteiger partial charge in [0.15, 0.2) is 0 Å². The molecule has 0 spiro atoms. The predicted octanol–water partition coefficient (Wildman–Crippen LogP) is 4.21. The second kappa shape index (κ2) is 7.53. The Labute approximate surface area is 113 Å². The third kappa shape index (κ3) is 4.53. The van der Waals surface area contributed by atoms with E-state index in [2.05, 4.69) is 59.2 Å². The molecule has 1 N–H and O–H groups in total. The summed E-state index contributed by atoms with van der Waals surface area (Å²) in [7, 11) is 0. The van der Waals surface area contributed by atoms with Gasteiger partial charge in [-0.2, -0.15) is 0 Å². The molecule has 1 aromatic carbocycles. The molecule has 0 saturated carbocycles. The van der Waals surface area contributed by atoms with Crippen LogP contribution in [-0.4, -0.2) is 6.54 Å². The summed E-state index contributed by atoms with van der Waals surface area (Å²) in [5, 5.41) is 3.53. The molecule has 0 aliphatic carbocycles. The average molecular weight is 294 g/mol. The summed E-state index contributed by atoms with van der Waals surface area (Å²) in [4.78, 5) is 0. The standard InChI is InChI=1S/C15H20BrN/c1-4-6-7-8-15(17-5-2)13-11-12(3)9-10-14(13)16/h1,9-11,15,17H,5-8H2,2-3H3. The highest BCUT2D eigenvalue weighted by molar-refractivity contribution is 9.10. The molecular formula is C15H20BrN. The van der Waals surface area contributed by atoms with Crippen molar-refractivity contribution in [3.05, 3.63) is 33.8 Å². The Morgan fingerprint density at radius 3 is 2.88 bits per heavy atom. The lowest BCUT2D eigenvalue weighted by Gasteiger charge is -2.20. The van der Waals surface area contributed by atoms with Crippen molar-refractivity contribution in [1.29, 1.82) is 0 Å². The molecule has 0 amide bonds. The summed E-state index contributed by atoms with van der Waals surface area (Å²) < 4.78 is 1.18. The van der Waals surface area contributed by atoms with Crippen LogP contribution in [-0.2, 0) is 0 Å². The summed E-state index contributed by atoms with van der Waals surface area (Å²) in [5.74, 6) is 2.70. The first-order valence-electron chi connectivity index (χ1n) is 6.12. The van der Waals surface area contributed by atoms with E-state index in [9.17, 15) is 0 Å². The fourth-order valence-electron chi connectivity index (χ4n) is 1.95. The molecule has 17 heavy (non-hydrogen) atoms. The van der Waals surface area contributed by atoms with Gasteiger partial charge in [-0.3, -0.25) is 0 Å². The van der Waals surface area contributed by atoms with Crippen LogP contribution < -0.4 is 5.32 Å². The Morgan fingerprint density at radius 1 is 1.47 bits per heavy atom. The monoisotopic (exact) mass is 293 g/mol. The van der Waals surface area contributed by atoms with E-state index in [0.29, 0.717) is 6.04 Å². The Morgan fingerprint density at radius 2 is 2.24 bits per heavy atom. The first-order valence-corrected chi connectivity index (χ1v) is 6.91. The van der Waals surface area contributed by atoms with Gasteiger partial charge >= 0.3 is 0 Å². The van der Waals surface area contributed by atoms with E-state index in [-0.39, 0.29) is 0 Å². The first kappa shape index (κ1) is 14.3. The molecule has 92 valence electrons. The topological polar surface area (TPSA) is 12.0 Å². The highest BCUT2D eigenvalue weighted by Gasteiger charge is 2.13. The van der Waals surface area contributed by atoms with Gasteiger partial charge in [0.25, 0.3) is 0 Å². The van der Waals surface area contributed by atoms with Crippen molar-refractivity contribution in [1.82, 2.24) is 5.32 Å². The van der Waals surface area contributed by atoms with Gasteiger partial charge in [-0.05, 0) is 37.9 Å². The minimum atomic E-state index is 0.391. The lowest BCUT2D eigenvalue weighted by molar-refractivity contribution is 0.500. The zero-order chi connectivity index (χ0) is 12.7. The van der Waals surface area contributed by atoms with Gasteiger partial charge in [0.2, 0.25) is 0 Å². The number of rotatable bonds is 6. The third-order valence-corrected chi connectivity index (χ3v) is 3.51. The molecule has 0 radical (unpaired) electrons. The SMILES string of the molecule is C#CCCCC(NCC)c1cc(C)ccc1Br. The Kier molecular flexibility index (Phi) is 6.32. The second-order valence-corrected chi connectivity index (χ2v) is 5.09. The molecule has 0 heterocycles. The van der Waals surface area contributed by atoms with Crippen LogP contribution in [0.25, 0.3) is 0 Å². The van der Waals surface area contributed by atoms with Crippen LogP contribution >= 0.6 is 15.9 Å². The predicted molar refractivity (Wildman–Crippen MR) is 78.0 cm³/mol. The van der Waals surface area contributed by atoms with Crippen molar-refractivity contribution in [2.75, 3.05) is 6.54 Å². The van der Waals surface area contributed by atoms with E-state index >= 15 is 0 Å². The van der Waals surface area contributed by atoms with Crippen LogP contribution in [0, 0.1) is 19.3 Å². The molecule has 1 nitrogen and oxygen atoms in total. The van der Waals surface area contributed by atoms with E-state index in [0.717, 1.165) is 25.8 Å². The van der Waals surface area contributed by atoms with Gasteiger partial charge in [-0.25, -0.2) is 0 Å². The highest BCUT2D eigenvalue weighted by atomic mass is 79.9. The second-order valence-electron chi connectivity index (χ2n) is 4.23. The maximum atomic E-state index is 5.30. The number of benzene rings is 1. The number of hydrogen-bond acceptors (Lipinski definition) is 1. The van der Waals surface area contributed by atoms with Crippen LogP contribution in [0.4, 0.5) is 0 Å². The fraction of sp³-hybridized carbons (Fsp3) is 0.467. The number of aryl methyl sites for hydroxylation is 1. The zero-order valence-electron chi connectivity index (χ0n) is 10.6.